The van der Waals surface area contributed by atoms with Gasteiger partial charge in [0.05, 0.1) is 16.4 Å². The second-order valence-corrected chi connectivity index (χ2v) is 8.57. The topological polar surface area (TPSA) is 78.6 Å². The number of aryl methyl sites for hydroxylation is 3. The van der Waals surface area contributed by atoms with Gasteiger partial charge in [0.1, 0.15) is 12.3 Å². The summed E-state index contributed by atoms with van der Waals surface area (Å²) in [5.41, 5.74) is 2.16. The first-order chi connectivity index (χ1) is 14.1. The number of aromatic nitrogens is 2. The van der Waals surface area contributed by atoms with Crippen LogP contribution in [-0.2, 0) is 19.5 Å². The second-order valence-electron chi connectivity index (χ2n) is 7.63. The molecule has 2 aromatic rings. The van der Waals surface area contributed by atoms with Gasteiger partial charge in [0.25, 0.3) is 0 Å². The van der Waals surface area contributed by atoms with Gasteiger partial charge < -0.3 is 15.1 Å². The molecule has 2 aromatic heterocycles. The van der Waals surface area contributed by atoms with E-state index >= 15 is 0 Å². The van der Waals surface area contributed by atoms with E-state index in [0.717, 1.165) is 56.6 Å². The van der Waals surface area contributed by atoms with Crippen LogP contribution in [0, 0.1) is 19.8 Å². The molecule has 0 spiro atoms. The van der Waals surface area contributed by atoms with Crippen molar-refractivity contribution in [2.45, 2.75) is 60.0 Å². The molecule has 0 aromatic carbocycles. The fraction of sp³-hybridized carbons (Fsp3) is 0.667. The molecule has 9 heteroatoms. The molecular formula is C21H35IN6OS. The van der Waals surface area contributed by atoms with E-state index in [4.69, 9.17) is 9.40 Å². The minimum Gasteiger partial charge on any atom is -0.444 e. The molecule has 0 amide bonds. The van der Waals surface area contributed by atoms with E-state index in [1.54, 1.807) is 11.3 Å². The molecule has 0 atom stereocenters. The lowest BCUT2D eigenvalue weighted by atomic mass is 9.97. The van der Waals surface area contributed by atoms with Crippen LogP contribution in [0.5, 0.6) is 0 Å². The number of aliphatic imine (C=N–C) groups is 1. The van der Waals surface area contributed by atoms with E-state index in [0.29, 0.717) is 18.4 Å². The molecule has 0 saturated carbocycles. The van der Waals surface area contributed by atoms with Crippen LogP contribution in [0.3, 0.4) is 0 Å². The summed E-state index contributed by atoms with van der Waals surface area (Å²) in [7, 11) is 0. The number of piperidine rings is 1. The fourth-order valence-corrected chi connectivity index (χ4v) is 4.23. The summed E-state index contributed by atoms with van der Waals surface area (Å²) < 4.78 is 5.62. The predicted molar refractivity (Wildman–Crippen MR) is 134 cm³/mol. The lowest BCUT2D eigenvalue weighted by Crippen LogP contribution is -2.42. The van der Waals surface area contributed by atoms with Crippen molar-refractivity contribution in [2.24, 2.45) is 10.9 Å². The minimum atomic E-state index is 0. The number of guanidine groups is 1. The Bertz CT molecular complexity index is 778. The minimum absolute atomic E-state index is 0. The monoisotopic (exact) mass is 546 g/mol. The Morgan fingerprint density at radius 2 is 2.00 bits per heavy atom. The van der Waals surface area contributed by atoms with Gasteiger partial charge in [-0.3, -0.25) is 4.90 Å². The quantitative estimate of drug-likeness (QED) is 0.297. The Hall–Kier alpha value is -1.20. The number of rotatable bonds is 8. The van der Waals surface area contributed by atoms with E-state index in [1.165, 1.54) is 23.5 Å². The highest BCUT2D eigenvalue weighted by Gasteiger charge is 2.20. The third-order valence-corrected chi connectivity index (χ3v) is 6.38. The number of nitrogens with zero attached hydrogens (tertiary/aromatic N) is 4. The molecule has 1 aliphatic heterocycles. The first-order valence-corrected chi connectivity index (χ1v) is 11.6. The van der Waals surface area contributed by atoms with Gasteiger partial charge in [0.15, 0.2) is 5.96 Å². The number of hydrogen-bond acceptors (Lipinski definition) is 6. The molecule has 0 aliphatic carbocycles. The molecule has 3 heterocycles. The lowest BCUT2D eigenvalue weighted by Gasteiger charge is -2.31. The smallest absolute Gasteiger partial charge is 0.216 e. The average molecular weight is 547 g/mol. The molecule has 0 radical (unpaired) electrons. The highest BCUT2D eigenvalue weighted by Crippen LogP contribution is 2.19. The Morgan fingerprint density at radius 3 is 2.60 bits per heavy atom. The second kappa shape index (κ2) is 12.6. The molecule has 0 bridgehead atoms. The third-order valence-electron chi connectivity index (χ3n) is 5.34. The summed E-state index contributed by atoms with van der Waals surface area (Å²) in [5.74, 6) is 3.03. The molecule has 1 aliphatic rings. The van der Waals surface area contributed by atoms with Crippen LogP contribution in [0.2, 0.25) is 0 Å². The number of oxazole rings is 1. The SMILES string of the molecule is CCNC(=NCc1nc(C)c(C)o1)NCC1CCN(Cc2csc(CC)n2)CC1.I. The Morgan fingerprint density at radius 1 is 1.23 bits per heavy atom. The van der Waals surface area contributed by atoms with Crippen LogP contribution in [0.1, 0.15) is 54.7 Å². The number of nitrogens with one attached hydrogen (secondary N) is 2. The predicted octanol–water partition coefficient (Wildman–Crippen LogP) is 3.90. The van der Waals surface area contributed by atoms with Crippen molar-refractivity contribution in [1.29, 1.82) is 0 Å². The summed E-state index contributed by atoms with van der Waals surface area (Å²) in [6, 6.07) is 0. The molecule has 0 unspecified atom stereocenters. The summed E-state index contributed by atoms with van der Waals surface area (Å²) >= 11 is 1.78. The maximum atomic E-state index is 5.62. The van der Waals surface area contributed by atoms with Crippen LogP contribution in [0.25, 0.3) is 0 Å². The van der Waals surface area contributed by atoms with Gasteiger partial charge in [-0.2, -0.15) is 0 Å². The highest BCUT2D eigenvalue weighted by molar-refractivity contribution is 14.0. The van der Waals surface area contributed by atoms with Crippen molar-refractivity contribution in [3.63, 3.8) is 0 Å². The summed E-state index contributed by atoms with van der Waals surface area (Å²) in [5, 5.41) is 10.3. The third kappa shape index (κ3) is 7.49. The van der Waals surface area contributed by atoms with Crippen LogP contribution in [-0.4, -0.2) is 47.0 Å². The van der Waals surface area contributed by atoms with Gasteiger partial charge in [0, 0.05) is 25.0 Å². The van der Waals surface area contributed by atoms with Gasteiger partial charge in [-0.25, -0.2) is 15.0 Å². The fourth-order valence-electron chi connectivity index (χ4n) is 3.50. The van der Waals surface area contributed by atoms with Crippen LogP contribution >= 0.6 is 35.3 Å². The van der Waals surface area contributed by atoms with E-state index < -0.39 is 0 Å². The molecule has 30 heavy (non-hydrogen) atoms. The Balaban J connectivity index is 0.00000320. The number of hydrogen-bond donors (Lipinski definition) is 2. The van der Waals surface area contributed by atoms with Crippen LogP contribution < -0.4 is 10.6 Å². The largest absolute Gasteiger partial charge is 0.444 e. The van der Waals surface area contributed by atoms with Crippen molar-refractivity contribution in [3.8, 4) is 0 Å². The average Bonchev–Trinajstić information content (AvgIpc) is 3.31. The van der Waals surface area contributed by atoms with Crippen molar-refractivity contribution in [1.82, 2.24) is 25.5 Å². The van der Waals surface area contributed by atoms with Crippen molar-refractivity contribution < 1.29 is 4.42 Å². The molecule has 1 fully saturated rings. The van der Waals surface area contributed by atoms with Crippen LogP contribution in [0.4, 0.5) is 0 Å². The zero-order valence-electron chi connectivity index (χ0n) is 18.5. The van der Waals surface area contributed by atoms with E-state index in [1.807, 2.05) is 13.8 Å². The Labute approximate surface area is 201 Å². The van der Waals surface area contributed by atoms with Gasteiger partial charge in [-0.1, -0.05) is 6.92 Å². The normalized spacial score (nSPS) is 15.8. The molecular weight excluding hydrogens is 511 g/mol. The Kier molecular flexibility index (Phi) is 10.5. The molecule has 3 rings (SSSR count). The van der Waals surface area contributed by atoms with Crippen molar-refractivity contribution in [3.05, 3.63) is 33.4 Å². The van der Waals surface area contributed by atoms with E-state index in [-0.39, 0.29) is 24.0 Å². The van der Waals surface area contributed by atoms with Gasteiger partial charge in [0.2, 0.25) is 5.89 Å². The van der Waals surface area contributed by atoms with Gasteiger partial charge in [-0.15, -0.1) is 35.3 Å². The van der Waals surface area contributed by atoms with Crippen molar-refractivity contribution in [2.75, 3.05) is 26.2 Å². The molecule has 168 valence electrons. The summed E-state index contributed by atoms with van der Waals surface area (Å²) in [4.78, 5) is 16.3. The van der Waals surface area contributed by atoms with E-state index in [9.17, 15) is 0 Å². The van der Waals surface area contributed by atoms with Gasteiger partial charge in [-0.05, 0) is 59.0 Å². The first kappa shape index (κ1) is 25.1. The molecule has 2 N–H and O–H groups in total. The summed E-state index contributed by atoms with van der Waals surface area (Å²) in [6.07, 6.45) is 3.44. The zero-order chi connectivity index (χ0) is 20.6. The van der Waals surface area contributed by atoms with Crippen molar-refractivity contribution >= 4 is 41.3 Å². The van der Waals surface area contributed by atoms with Gasteiger partial charge >= 0.3 is 0 Å². The zero-order valence-corrected chi connectivity index (χ0v) is 21.7. The molecule has 1 saturated heterocycles. The maximum Gasteiger partial charge on any atom is 0.216 e. The first-order valence-electron chi connectivity index (χ1n) is 10.7. The maximum absolute atomic E-state index is 5.62. The number of halogens is 1. The molecule has 7 nitrogen and oxygen atoms in total. The lowest BCUT2D eigenvalue weighted by molar-refractivity contribution is 0.176. The van der Waals surface area contributed by atoms with Crippen LogP contribution in [0.15, 0.2) is 14.8 Å². The summed E-state index contributed by atoms with van der Waals surface area (Å²) in [6.45, 7) is 13.6. The number of likely N-dealkylation sites (tertiary alicyclic amines) is 1. The standard InChI is InChI=1S/C21H34N6OS.HI/c1-5-20-26-18(14-29-20)13-27-9-7-17(8-10-27)11-23-21(22-6-2)24-12-19-25-15(3)16(4)28-19;/h14,17H,5-13H2,1-4H3,(H2,22,23,24);1H. The highest BCUT2D eigenvalue weighted by atomic mass is 127. The van der Waals surface area contributed by atoms with E-state index in [2.05, 4.69) is 44.7 Å². The number of thiazole rings is 1.